The summed E-state index contributed by atoms with van der Waals surface area (Å²) in [7, 11) is 0. The number of nitrogens with two attached hydrogens (primary N) is 1. The molecule has 0 unspecified atom stereocenters. The van der Waals surface area contributed by atoms with E-state index in [1.165, 1.54) is 11.3 Å². The van der Waals surface area contributed by atoms with Gasteiger partial charge in [-0.25, -0.2) is 0 Å². The van der Waals surface area contributed by atoms with Crippen LogP contribution in [0.4, 0.5) is 0 Å². The molecule has 3 rings (SSSR count). The van der Waals surface area contributed by atoms with Crippen LogP contribution < -0.4 is 10.5 Å². The van der Waals surface area contributed by atoms with Gasteiger partial charge in [-0.1, -0.05) is 22.5 Å². The molecule has 0 amide bonds. The number of nitrogens with zero attached hydrogens (tertiary/aromatic N) is 3. The Hall–Kier alpha value is -2.05. The van der Waals surface area contributed by atoms with Gasteiger partial charge in [0, 0.05) is 18.1 Å². The first-order valence-electron chi connectivity index (χ1n) is 5.41. The third-order valence-corrected chi connectivity index (χ3v) is 3.25. The van der Waals surface area contributed by atoms with Gasteiger partial charge in [-0.15, -0.1) is 5.10 Å². The highest BCUT2D eigenvalue weighted by atomic mass is 32.1. The Morgan fingerprint density at radius 3 is 2.94 bits per heavy atom. The maximum absolute atomic E-state index is 5.72. The van der Waals surface area contributed by atoms with Gasteiger partial charge >= 0.3 is 0 Å². The predicted molar refractivity (Wildman–Crippen MR) is 69.6 cm³/mol. The number of hydrogen-bond donors (Lipinski definition) is 1. The maximum Gasteiger partial charge on any atom is 0.299 e. The first-order valence-corrected chi connectivity index (χ1v) is 6.22. The normalized spacial score (nSPS) is 10.7. The third-order valence-electron chi connectivity index (χ3n) is 2.43. The van der Waals surface area contributed by atoms with Crippen molar-refractivity contribution in [3.8, 4) is 10.9 Å². The Morgan fingerprint density at radius 2 is 2.11 bits per heavy atom. The molecule has 0 saturated heterocycles. The smallest absolute Gasteiger partial charge is 0.299 e. The van der Waals surface area contributed by atoms with E-state index in [1.54, 1.807) is 6.20 Å². The second-order valence-electron chi connectivity index (χ2n) is 3.59. The van der Waals surface area contributed by atoms with Crippen LogP contribution in [0.1, 0.15) is 5.01 Å². The van der Waals surface area contributed by atoms with Crippen LogP contribution in [0.2, 0.25) is 0 Å². The maximum atomic E-state index is 5.72. The summed E-state index contributed by atoms with van der Waals surface area (Å²) in [6.45, 7) is 0.373. The fourth-order valence-electron chi connectivity index (χ4n) is 1.62. The summed E-state index contributed by atoms with van der Waals surface area (Å²) in [6.07, 6.45) is 1.75. The van der Waals surface area contributed by atoms with Crippen molar-refractivity contribution in [1.82, 2.24) is 15.2 Å². The van der Waals surface area contributed by atoms with E-state index in [0.29, 0.717) is 11.7 Å². The number of aromatic nitrogens is 3. The molecule has 0 radical (unpaired) electrons. The first kappa shape index (κ1) is 11.1. The van der Waals surface area contributed by atoms with Crippen LogP contribution >= 0.6 is 11.3 Å². The topological polar surface area (TPSA) is 73.9 Å². The van der Waals surface area contributed by atoms with Crippen molar-refractivity contribution in [3.63, 3.8) is 0 Å². The van der Waals surface area contributed by atoms with Crippen LogP contribution in [0.5, 0.6) is 10.9 Å². The summed E-state index contributed by atoms with van der Waals surface area (Å²) in [6, 6.07) is 9.56. The molecule has 0 atom stereocenters. The van der Waals surface area contributed by atoms with Crippen LogP contribution in [0.15, 0.2) is 36.5 Å². The van der Waals surface area contributed by atoms with Gasteiger partial charge in [0.25, 0.3) is 5.19 Å². The molecular formula is C12H10N4OS. The van der Waals surface area contributed by atoms with Crippen molar-refractivity contribution >= 4 is 22.2 Å². The van der Waals surface area contributed by atoms with Gasteiger partial charge in [0.15, 0.2) is 0 Å². The van der Waals surface area contributed by atoms with Gasteiger partial charge in [0.2, 0.25) is 0 Å². The van der Waals surface area contributed by atoms with Crippen LogP contribution in [-0.2, 0) is 6.54 Å². The Bertz CT molecular complexity index is 677. The lowest BCUT2D eigenvalue weighted by Crippen LogP contribution is -1.94. The monoisotopic (exact) mass is 258 g/mol. The Morgan fingerprint density at radius 1 is 1.17 bits per heavy atom. The molecular weight excluding hydrogens is 248 g/mol. The van der Waals surface area contributed by atoms with Gasteiger partial charge in [-0.3, -0.25) is 4.98 Å². The summed E-state index contributed by atoms with van der Waals surface area (Å²) < 4.78 is 5.72. The van der Waals surface area contributed by atoms with Crippen LogP contribution in [0, 0.1) is 0 Å². The highest BCUT2D eigenvalue weighted by Crippen LogP contribution is 2.30. The Kier molecular flexibility index (Phi) is 2.87. The van der Waals surface area contributed by atoms with E-state index in [-0.39, 0.29) is 0 Å². The van der Waals surface area contributed by atoms with Crippen molar-refractivity contribution in [2.24, 2.45) is 5.73 Å². The molecule has 0 spiro atoms. The van der Waals surface area contributed by atoms with Crippen molar-refractivity contribution in [3.05, 3.63) is 41.5 Å². The number of ether oxygens (including phenoxy) is 1. The lowest BCUT2D eigenvalue weighted by atomic mass is 10.2. The molecule has 0 aliphatic heterocycles. The minimum absolute atomic E-state index is 0.373. The van der Waals surface area contributed by atoms with Crippen LogP contribution in [-0.4, -0.2) is 15.2 Å². The summed E-state index contributed by atoms with van der Waals surface area (Å²) in [4.78, 5) is 4.27. The Balaban J connectivity index is 1.99. The zero-order valence-electron chi connectivity index (χ0n) is 9.41. The molecule has 5 nitrogen and oxygen atoms in total. The SMILES string of the molecule is NCc1nnc(Oc2cccc3ncccc23)s1. The third kappa shape index (κ3) is 2.03. The molecule has 0 aliphatic rings. The highest BCUT2D eigenvalue weighted by molar-refractivity contribution is 7.13. The molecule has 1 aromatic carbocycles. The summed E-state index contributed by atoms with van der Waals surface area (Å²) in [5.74, 6) is 0.723. The van der Waals surface area contributed by atoms with Crippen molar-refractivity contribution < 1.29 is 4.74 Å². The van der Waals surface area contributed by atoms with E-state index in [4.69, 9.17) is 10.5 Å². The van der Waals surface area contributed by atoms with Gasteiger partial charge in [0.1, 0.15) is 10.8 Å². The molecule has 90 valence electrons. The molecule has 0 saturated carbocycles. The molecule has 0 aliphatic carbocycles. The summed E-state index contributed by atoms with van der Waals surface area (Å²) >= 11 is 1.35. The molecule has 2 heterocycles. The Labute approximate surface area is 107 Å². The minimum Gasteiger partial charge on any atom is -0.429 e. The fourth-order valence-corrected chi connectivity index (χ4v) is 2.20. The van der Waals surface area contributed by atoms with Crippen LogP contribution in [0.25, 0.3) is 10.9 Å². The lowest BCUT2D eigenvalue weighted by molar-refractivity contribution is 0.478. The highest BCUT2D eigenvalue weighted by Gasteiger charge is 2.07. The van der Waals surface area contributed by atoms with Crippen LogP contribution in [0.3, 0.4) is 0 Å². The number of benzene rings is 1. The first-order chi connectivity index (χ1) is 8.86. The summed E-state index contributed by atoms with van der Waals surface area (Å²) in [5.41, 5.74) is 6.38. The van der Waals surface area contributed by atoms with E-state index >= 15 is 0 Å². The number of fused-ring (bicyclic) bond motifs is 1. The molecule has 0 fully saturated rings. The van der Waals surface area contributed by atoms with E-state index < -0.39 is 0 Å². The van der Waals surface area contributed by atoms with Crippen molar-refractivity contribution in [2.45, 2.75) is 6.54 Å². The van der Waals surface area contributed by atoms with Gasteiger partial charge in [-0.05, 0) is 24.3 Å². The minimum atomic E-state index is 0.373. The summed E-state index contributed by atoms with van der Waals surface area (Å²) in [5, 5.41) is 10.0. The molecule has 2 aromatic heterocycles. The second-order valence-corrected chi connectivity index (χ2v) is 4.62. The zero-order chi connectivity index (χ0) is 12.4. The van der Waals surface area contributed by atoms with E-state index in [1.807, 2.05) is 30.3 Å². The van der Waals surface area contributed by atoms with E-state index in [2.05, 4.69) is 15.2 Å². The van der Waals surface area contributed by atoms with Gasteiger partial charge in [-0.2, -0.15) is 0 Å². The predicted octanol–water partition coefficient (Wildman–Crippen LogP) is 2.34. The fraction of sp³-hybridized carbons (Fsp3) is 0.0833. The van der Waals surface area contributed by atoms with Gasteiger partial charge in [0.05, 0.1) is 5.52 Å². The average Bonchev–Trinajstić information content (AvgIpc) is 2.87. The van der Waals surface area contributed by atoms with Crippen molar-refractivity contribution in [2.75, 3.05) is 0 Å². The van der Waals surface area contributed by atoms with Crippen molar-refractivity contribution in [1.29, 1.82) is 0 Å². The number of rotatable bonds is 3. The van der Waals surface area contributed by atoms with Gasteiger partial charge < -0.3 is 10.5 Å². The zero-order valence-corrected chi connectivity index (χ0v) is 10.2. The average molecular weight is 258 g/mol. The largest absolute Gasteiger partial charge is 0.429 e. The number of pyridine rings is 1. The van der Waals surface area contributed by atoms with E-state index in [9.17, 15) is 0 Å². The molecule has 0 bridgehead atoms. The molecule has 6 heteroatoms. The molecule has 2 N–H and O–H groups in total. The quantitative estimate of drug-likeness (QED) is 0.780. The van der Waals surface area contributed by atoms with E-state index in [0.717, 1.165) is 21.7 Å². The standard InChI is InChI=1S/C12H10N4OS/c13-7-11-15-16-12(18-11)17-10-5-1-4-9-8(10)3-2-6-14-9/h1-6H,7,13H2. The number of hydrogen-bond acceptors (Lipinski definition) is 6. The molecule has 18 heavy (non-hydrogen) atoms. The molecule has 3 aromatic rings. The lowest BCUT2D eigenvalue weighted by Gasteiger charge is -2.04. The second kappa shape index (κ2) is 4.67.